The third kappa shape index (κ3) is 5.10. The predicted octanol–water partition coefficient (Wildman–Crippen LogP) is 4.09. The van der Waals surface area contributed by atoms with Crippen LogP contribution in [0.5, 0.6) is 0 Å². The molecule has 1 aromatic heterocycles. The van der Waals surface area contributed by atoms with Crippen molar-refractivity contribution in [3.05, 3.63) is 105 Å². The number of hydrogen-bond donors (Lipinski definition) is 1. The average molecular weight is 482 g/mol. The van der Waals surface area contributed by atoms with Crippen LogP contribution in [0.3, 0.4) is 0 Å². The van der Waals surface area contributed by atoms with E-state index in [4.69, 9.17) is 4.98 Å². The van der Waals surface area contributed by atoms with Crippen molar-refractivity contribution in [2.45, 2.75) is 26.9 Å². The van der Waals surface area contributed by atoms with Gasteiger partial charge in [-0.25, -0.2) is 9.78 Å². The van der Waals surface area contributed by atoms with Gasteiger partial charge in [0.2, 0.25) is 0 Å². The van der Waals surface area contributed by atoms with Crippen LogP contribution in [-0.4, -0.2) is 46.7 Å². The maximum atomic E-state index is 13.6. The first-order chi connectivity index (χ1) is 17.5. The summed E-state index contributed by atoms with van der Waals surface area (Å²) in [4.78, 5) is 34.9. The van der Waals surface area contributed by atoms with Gasteiger partial charge < -0.3 is 15.1 Å². The van der Waals surface area contributed by atoms with Gasteiger partial charge in [0, 0.05) is 32.7 Å². The quantitative estimate of drug-likeness (QED) is 0.466. The first-order valence-electron chi connectivity index (χ1n) is 12.4. The molecule has 0 radical (unpaired) electrons. The standard InChI is InChI=1S/C29H31N5O2/c1-21-7-11-23(12-8-21)19-30-29(36)33-17-15-32(16-18-33)27-28(35)34(20-24-13-9-22(2)10-14-24)26-6-4-3-5-25(26)31-27/h3-14H,15-20H2,1-2H3,(H,30,36). The van der Waals surface area contributed by atoms with E-state index >= 15 is 0 Å². The Morgan fingerprint density at radius 3 is 2.11 bits per heavy atom. The Bertz CT molecular complexity index is 1420. The van der Waals surface area contributed by atoms with Crippen LogP contribution in [0.1, 0.15) is 22.3 Å². The normalized spacial score (nSPS) is 13.7. The summed E-state index contributed by atoms with van der Waals surface area (Å²) in [5, 5.41) is 3.01. The first kappa shape index (κ1) is 23.6. The molecule has 0 atom stereocenters. The molecule has 4 aromatic rings. The minimum atomic E-state index is -0.105. The predicted molar refractivity (Wildman–Crippen MR) is 143 cm³/mol. The summed E-state index contributed by atoms with van der Waals surface area (Å²) in [5.41, 5.74) is 6.03. The summed E-state index contributed by atoms with van der Waals surface area (Å²) in [5.74, 6) is 0.445. The van der Waals surface area contributed by atoms with Crippen LogP contribution in [0.25, 0.3) is 11.0 Å². The van der Waals surface area contributed by atoms with Crippen LogP contribution in [0.15, 0.2) is 77.6 Å². The fourth-order valence-electron chi connectivity index (χ4n) is 4.53. The highest BCUT2D eigenvalue weighted by Crippen LogP contribution is 2.18. The molecule has 0 bridgehead atoms. The van der Waals surface area contributed by atoms with Gasteiger partial charge in [0.05, 0.1) is 17.6 Å². The number of nitrogens with zero attached hydrogens (tertiary/aromatic N) is 4. The lowest BCUT2D eigenvalue weighted by Gasteiger charge is -2.35. The second kappa shape index (κ2) is 10.2. The fraction of sp³-hybridized carbons (Fsp3) is 0.276. The van der Waals surface area contributed by atoms with Gasteiger partial charge in [-0.2, -0.15) is 0 Å². The molecule has 7 nitrogen and oxygen atoms in total. The highest BCUT2D eigenvalue weighted by Gasteiger charge is 2.24. The van der Waals surface area contributed by atoms with Crippen molar-refractivity contribution in [3.8, 4) is 0 Å². The molecule has 184 valence electrons. The number of aromatic nitrogens is 2. The van der Waals surface area contributed by atoms with Crippen LogP contribution >= 0.6 is 0 Å². The number of amides is 2. The molecule has 3 aromatic carbocycles. The highest BCUT2D eigenvalue weighted by atomic mass is 16.2. The summed E-state index contributed by atoms with van der Waals surface area (Å²) in [6.07, 6.45) is 0. The number of anilines is 1. The Hall–Kier alpha value is -4.13. The molecular formula is C29H31N5O2. The lowest BCUT2D eigenvalue weighted by Crippen LogP contribution is -2.53. The molecule has 7 heteroatoms. The van der Waals surface area contributed by atoms with E-state index in [9.17, 15) is 9.59 Å². The third-order valence-electron chi connectivity index (χ3n) is 6.73. The summed E-state index contributed by atoms with van der Waals surface area (Å²) in [6, 6.07) is 24.1. The second-order valence-electron chi connectivity index (χ2n) is 9.42. The molecule has 1 saturated heterocycles. The minimum Gasteiger partial charge on any atom is -0.348 e. The van der Waals surface area contributed by atoms with Crippen LogP contribution in [0.2, 0.25) is 0 Å². The Labute approximate surface area is 211 Å². The molecule has 2 heterocycles. The number of fused-ring (bicyclic) bond motifs is 1. The van der Waals surface area contributed by atoms with E-state index < -0.39 is 0 Å². The van der Waals surface area contributed by atoms with Gasteiger partial charge in [0.25, 0.3) is 5.56 Å². The van der Waals surface area contributed by atoms with Gasteiger partial charge in [-0.3, -0.25) is 9.36 Å². The van der Waals surface area contributed by atoms with Crippen molar-refractivity contribution in [1.29, 1.82) is 0 Å². The van der Waals surface area contributed by atoms with Crippen molar-refractivity contribution in [2.24, 2.45) is 0 Å². The zero-order valence-corrected chi connectivity index (χ0v) is 20.8. The highest BCUT2D eigenvalue weighted by molar-refractivity contribution is 5.77. The topological polar surface area (TPSA) is 70.5 Å². The molecule has 1 N–H and O–H groups in total. The molecule has 36 heavy (non-hydrogen) atoms. The molecule has 1 aliphatic heterocycles. The van der Waals surface area contributed by atoms with Crippen LogP contribution < -0.4 is 15.8 Å². The number of aryl methyl sites for hydroxylation is 2. The number of para-hydroxylation sites is 2. The van der Waals surface area contributed by atoms with Crippen molar-refractivity contribution in [2.75, 3.05) is 31.1 Å². The summed E-state index contributed by atoms with van der Waals surface area (Å²) < 4.78 is 1.81. The minimum absolute atomic E-state index is 0.0847. The largest absolute Gasteiger partial charge is 0.348 e. The number of rotatable bonds is 5. The van der Waals surface area contributed by atoms with Crippen molar-refractivity contribution in [3.63, 3.8) is 0 Å². The summed E-state index contributed by atoms with van der Waals surface area (Å²) >= 11 is 0. The number of carbonyl (C=O) groups is 1. The SMILES string of the molecule is Cc1ccc(CNC(=O)N2CCN(c3nc4ccccc4n(Cc4ccc(C)cc4)c3=O)CC2)cc1. The van der Waals surface area contributed by atoms with Gasteiger partial charge in [-0.15, -0.1) is 0 Å². The lowest BCUT2D eigenvalue weighted by molar-refractivity contribution is 0.193. The van der Waals surface area contributed by atoms with Crippen LogP contribution in [-0.2, 0) is 13.1 Å². The van der Waals surface area contributed by atoms with Gasteiger partial charge in [0.1, 0.15) is 0 Å². The first-order valence-corrected chi connectivity index (χ1v) is 12.4. The second-order valence-corrected chi connectivity index (χ2v) is 9.42. The molecule has 1 fully saturated rings. The Morgan fingerprint density at radius 1 is 0.833 bits per heavy atom. The van der Waals surface area contributed by atoms with Gasteiger partial charge >= 0.3 is 6.03 Å². The van der Waals surface area contributed by atoms with Gasteiger partial charge in [-0.1, -0.05) is 71.8 Å². The number of carbonyl (C=O) groups excluding carboxylic acids is 1. The number of nitrogens with one attached hydrogen (secondary N) is 1. The molecule has 2 amide bonds. The van der Waals surface area contributed by atoms with Crippen molar-refractivity contribution >= 4 is 22.9 Å². The molecule has 0 spiro atoms. The summed E-state index contributed by atoms with van der Waals surface area (Å²) in [6.45, 7) is 7.26. The third-order valence-corrected chi connectivity index (χ3v) is 6.73. The van der Waals surface area contributed by atoms with E-state index in [0.717, 1.165) is 22.2 Å². The van der Waals surface area contributed by atoms with Crippen LogP contribution in [0.4, 0.5) is 10.6 Å². The smallest absolute Gasteiger partial charge is 0.317 e. The van der Waals surface area contributed by atoms with Gasteiger partial charge in [-0.05, 0) is 37.1 Å². The maximum Gasteiger partial charge on any atom is 0.317 e. The monoisotopic (exact) mass is 481 g/mol. The van der Waals surface area contributed by atoms with Gasteiger partial charge in [0.15, 0.2) is 5.82 Å². The van der Waals surface area contributed by atoms with E-state index in [1.165, 1.54) is 11.1 Å². The number of benzene rings is 3. The van der Waals surface area contributed by atoms with Crippen molar-refractivity contribution < 1.29 is 4.79 Å². The molecule has 5 rings (SSSR count). The van der Waals surface area contributed by atoms with E-state index in [0.29, 0.717) is 45.1 Å². The summed E-state index contributed by atoms with van der Waals surface area (Å²) in [7, 11) is 0. The number of hydrogen-bond acceptors (Lipinski definition) is 4. The van der Waals surface area contributed by atoms with Crippen molar-refractivity contribution in [1.82, 2.24) is 19.8 Å². The van der Waals surface area contributed by atoms with Crippen LogP contribution in [0, 0.1) is 13.8 Å². The van der Waals surface area contributed by atoms with E-state index in [1.54, 1.807) is 4.90 Å². The Morgan fingerprint density at radius 2 is 1.44 bits per heavy atom. The Balaban J connectivity index is 1.31. The molecule has 0 unspecified atom stereocenters. The Kier molecular flexibility index (Phi) is 6.71. The van der Waals surface area contributed by atoms with E-state index in [-0.39, 0.29) is 11.6 Å². The zero-order chi connectivity index (χ0) is 25.1. The lowest BCUT2D eigenvalue weighted by atomic mass is 10.1. The molecule has 0 saturated carbocycles. The molecule has 1 aliphatic rings. The molecule has 0 aliphatic carbocycles. The zero-order valence-electron chi connectivity index (χ0n) is 20.8. The number of piperazine rings is 1. The number of urea groups is 1. The van der Waals surface area contributed by atoms with E-state index in [2.05, 4.69) is 36.5 Å². The average Bonchev–Trinajstić information content (AvgIpc) is 2.91. The maximum absolute atomic E-state index is 13.6. The fourth-order valence-corrected chi connectivity index (χ4v) is 4.53. The van der Waals surface area contributed by atoms with E-state index in [1.807, 2.05) is 64.9 Å². The molecular weight excluding hydrogens is 450 g/mol.